The van der Waals surface area contributed by atoms with Crippen LogP contribution in [-0.4, -0.2) is 92.5 Å². The number of amides is 2. The molecule has 44 heavy (non-hydrogen) atoms. The summed E-state index contributed by atoms with van der Waals surface area (Å²) < 4.78 is 30.5. The predicted octanol–water partition coefficient (Wildman–Crippen LogP) is 4.61. The largest absolute Gasteiger partial charge is 0.493 e. The van der Waals surface area contributed by atoms with Gasteiger partial charge in [0.25, 0.3) is 11.8 Å². The number of benzene rings is 3. The van der Waals surface area contributed by atoms with Crippen molar-refractivity contribution >= 4 is 17.5 Å². The highest BCUT2D eigenvalue weighted by Crippen LogP contribution is 2.37. The third kappa shape index (κ3) is 7.09. The predicted molar refractivity (Wildman–Crippen MR) is 166 cm³/mol. The molecule has 9 nitrogen and oxygen atoms in total. The van der Waals surface area contributed by atoms with Crippen LogP contribution < -0.4 is 9.47 Å². The molecule has 0 aromatic heterocycles. The molecule has 2 aliphatic heterocycles. The summed E-state index contributed by atoms with van der Waals surface area (Å²) in [5, 5.41) is 6.32. The molecular formula is C34H39FN4O5. The molecule has 2 heterocycles. The van der Waals surface area contributed by atoms with Crippen LogP contribution >= 0.6 is 0 Å². The van der Waals surface area contributed by atoms with Gasteiger partial charge in [0.2, 0.25) is 0 Å². The zero-order valence-corrected chi connectivity index (χ0v) is 25.7. The van der Waals surface area contributed by atoms with Gasteiger partial charge < -0.3 is 19.1 Å². The molecule has 3 aromatic carbocycles. The van der Waals surface area contributed by atoms with E-state index in [0.717, 1.165) is 35.5 Å². The number of halogens is 1. The fraction of sp³-hybridized carbons (Fsp3) is 0.382. The number of aryl methyl sites for hydroxylation is 2. The number of ether oxygens (including phenoxy) is 3. The summed E-state index contributed by atoms with van der Waals surface area (Å²) in [4.78, 5) is 31.5. The second-order valence-electron chi connectivity index (χ2n) is 11.1. The second kappa shape index (κ2) is 14.0. The molecule has 3 aromatic rings. The number of carbonyl (C=O) groups excluding carboxylic acids is 2. The lowest BCUT2D eigenvalue weighted by Crippen LogP contribution is -2.46. The second-order valence-corrected chi connectivity index (χ2v) is 11.1. The van der Waals surface area contributed by atoms with Crippen molar-refractivity contribution in [3.8, 4) is 11.5 Å². The lowest BCUT2D eigenvalue weighted by atomic mass is 9.96. The Hall–Kier alpha value is -4.28. The number of morpholine rings is 1. The van der Waals surface area contributed by atoms with Crippen LogP contribution in [0.2, 0.25) is 0 Å². The van der Waals surface area contributed by atoms with Crippen LogP contribution in [0.15, 0.2) is 65.8 Å². The van der Waals surface area contributed by atoms with Crippen molar-refractivity contribution in [2.24, 2.45) is 5.10 Å². The van der Waals surface area contributed by atoms with Crippen molar-refractivity contribution in [1.29, 1.82) is 0 Å². The monoisotopic (exact) mass is 602 g/mol. The normalized spacial score (nSPS) is 16.9. The molecule has 5 rings (SSSR count). The van der Waals surface area contributed by atoms with Crippen LogP contribution in [0.5, 0.6) is 11.5 Å². The number of nitrogens with zero attached hydrogens (tertiary/aromatic N) is 4. The van der Waals surface area contributed by atoms with E-state index < -0.39 is 17.8 Å². The number of rotatable bonds is 10. The van der Waals surface area contributed by atoms with Crippen LogP contribution in [0.3, 0.4) is 0 Å². The fourth-order valence-corrected chi connectivity index (χ4v) is 5.53. The van der Waals surface area contributed by atoms with E-state index in [-0.39, 0.29) is 18.0 Å². The van der Waals surface area contributed by atoms with E-state index >= 15 is 0 Å². The van der Waals surface area contributed by atoms with Crippen LogP contribution in [0.1, 0.15) is 45.1 Å². The molecule has 0 radical (unpaired) electrons. The van der Waals surface area contributed by atoms with Crippen LogP contribution in [-0.2, 0) is 9.53 Å². The third-order valence-corrected chi connectivity index (χ3v) is 8.27. The standard InChI is InChI=1S/C34H39FN4O5/c1-23-8-9-25(18-24(23)2)29-21-30(26-10-11-31(42-3)32(20-26)43-4)39(36-29)33(40)22-38(13-12-37-14-16-44-17-15-37)34(41)27-6-5-7-28(35)19-27/h5-11,18-20,30H,12-17,21-22H2,1-4H3. The number of hydrazone groups is 1. The Morgan fingerprint density at radius 2 is 1.75 bits per heavy atom. The van der Waals surface area contributed by atoms with Crippen molar-refractivity contribution in [2.45, 2.75) is 26.3 Å². The Bertz CT molecular complexity index is 1540. The maximum absolute atomic E-state index is 14.1. The van der Waals surface area contributed by atoms with E-state index in [4.69, 9.17) is 19.3 Å². The van der Waals surface area contributed by atoms with Gasteiger partial charge in [-0.1, -0.05) is 24.3 Å². The average molecular weight is 603 g/mol. The summed E-state index contributed by atoms with van der Waals surface area (Å²) in [7, 11) is 3.14. The molecule has 0 bridgehead atoms. The highest BCUT2D eigenvalue weighted by molar-refractivity contribution is 6.04. The van der Waals surface area contributed by atoms with Crippen molar-refractivity contribution in [2.75, 3.05) is 60.2 Å². The highest BCUT2D eigenvalue weighted by Gasteiger charge is 2.35. The molecule has 2 aliphatic rings. The summed E-state index contributed by atoms with van der Waals surface area (Å²) in [6.45, 7) is 7.47. The SMILES string of the molecule is COc1ccc(C2CC(c3ccc(C)c(C)c3)=NN2C(=O)CN(CCN2CCOCC2)C(=O)c2cccc(F)c2)cc1OC. The minimum Gasteiger partial charge on any atom is -0.493 e. The first-order valence-electron chi connectivity index (χ1n) is 14.8. The van der Waals surface area contributed by atoms with Gasteiger partial charge in [-0.3, -0.25) is 14.5 Å². The van der Waals surface area contributed by atoms with Crippen molar-refractivity contribution in [3.63, 3.8) is 0 Å². The van der Waals surface area contributed by atoms with Gasteiger partial charge in [0.15, 0.2) is 11.5 Å². The minimum absolute atomic E-state index is 0.192. The number of hydrogen-bond donors (Lipinski definition) is 0. The molecule has 10 heteroatoms. The summed E-state index contributed by atoms with van der Waals surface area (Å²) in [5.74, 6) is -0.129. The molecule has 1 unspecified atom stereocenters. The van der Waals surface area contributed by atoms with Crippen LogP contribution in [0.4, 0.5) is 4.39 Å². The quantitative estimate of drug-likeness (QED) is 0.337. The summed E-state index contributed by atoms with van der Waals surface area (Å²) in [6, 6.07) is 16.8. The van der Waals surface area contributed by atoms with Gasteiger partial charge >= 0.3 is 0 Å². The van der Waals surface area contributed by atoms with E-state index in [9.17, 15) is 14.0 Å². The molecule has 1 atom stereocenters. The lowest BCUT2D eigenvalue weighted by Gasteiger charge is -2.31. The molecule has 2 amide bonds. The molecule has 0 spiro atoms. The third-order valence-electron chi connectivity index (χ3n) is 8.27. The van der Waals surface area contributed by atoms with Crippen molar-refractivity contribution in [3.05, 3.63) is 94.3 Å². The smallest absolute Gasteiger partial charge is 0.262 e. The first-order chi connectivity index (χ1) is 21.3. The zero-order valence-electron chi connectivity index (χ0n) is 25.7. The Morgan fingerprint density at radius 3 is 2.45 bits per heavy atom. The van der Waals surface area contributed by atoms with E-state index in [1.807, 2.05) is 37.3 Å². The Balaban J connectivity index is 1.46. The van der Waals surface area contributed by atoms with Gasteiger partial charge in [-0.05, 0) is 72.5 Å². The average Bonchev–Trinajstić information content (AvgIpc) is 3.50. The molecule has 1 fully saturated rings. The first-order valence-corrected chi connectivity index (χ1v) is 14.8. The molecular weight excluding hydrogens is 563 g/mol. The number of carbonyl (C=O) groups is 2. The Kier molecular flexibility index (Phi) is 9.92. The van der Waals surface area contributed by atoms with E-state index in [1.165, 1.54) is 33.7 Å². The number of methoxy groups -OCH3 is 2. The van der Waals surface area contributed by atoms with E-state index in [1.54, 1.807) is 20.3 Å². The first kappa shape index (κ1) is 31.2. The summed E-state index contributed by atoms with van der Waals surface area (Å²) >= 11 is 0. The van der Waals surface area contributed by atoms with E-state index in [0.29, 0.717) is 44.2 Å². The molecule has 0 aliphatic carbocycles. The van der Waals surface area contributed by atoms with Gasteiger partial charge in [0.05, 0.1) is 39.2 Å². The van der Waals surface area contributed by atoms with Crippen molar-refractivity contribution < 1.29 is 28.2 Å². The van der Waals surface area contributed by atoms with Crippen molar-refractivity contribution in [1.82, 2.24) is 14.8 Å². The molecule has 232 valence electrons. The van der Waals surface area contributed by atoms with Crippen LogP contribution in [0, 0.1) is 19.7 Å². The lowest BCUT2D eigenvalue weighted by molar-refractivity contribution is -0.133. The molecule has 0 saturated carbocycles. The number of hydrogen-bond acceptors (Lipinski definition) is 7. The maximum Gasteiger partial charge on any atom is 0.262 e. The van der Waals surface area contributed by atoms with Crippen LogP contribution in [0.25, 0.3) is 0 Å². The van der Waals surface area contributed by atoms with E-state index in [2.05, 4.69) is 17.9 Å². The van der Waals surface area contributed by atoms with Gasteiger partial charge in [-0.25, -0.2) is 9.40 Å². The van der Waals surface area contributed by atoms with Gasteiger partial charge in [-0.2, -0.15) is 5.10 Å². The Morgan fingerprint density at radius 1 is 0.977 bits per heavy atom. The minimum atomic E-state index is -0.508. The highest BCUT2D eigenvalue weighted by atomic mass is 19.1. The zero-order chi connectivity index (χ0) is 31.2. The fourth-order valence-electron chi connectivity index (χ4n) is 5.53. The van der Waals surface area contributed by atoms with Gasteiger partial charge in [0, 0.05) is 38.2 Å². The Labute approximate surface area is 257 Å². The van der Waals surface area contributed by atoms with Gasteiger partial charge in [-0.15, -0.1) is 0 Å². The molecule has 0 N–H and O–H groups in total. The van der Waals surface area contributed by atoms with Gasteiger partial charge in [0.1, 0.15) is 12.4 Å². The topological polar surface area (TPSA) is 83.9 Å². The summed E-state index contributed by atoms with van der Waals surface area (Å²) in [6.07, 6.45) is 0.481. The maximum atomic E-state index is 14.1. The summed E-state index contributed by atoms with van der Waals surface area (Å²) in [5.41, 5.74) is 5.04. The molecule has 1 saturated heterocycles.